The lowest BCUT2D eigenvalue weighted by molar-refractivity contribution is 0.668. The highest BCUT2D eigenvalue weighted by molar-refractivity contribution is 6.22. The average molecular weight is 673 g/mol. The average Bonchev–Trinajstić information content (AvgIpc) is 3.87. The van der Waals surface area contributed by atoms with E-state index in [-0.39, 0.29) is 11.1 Å². The van der Waals surface area contributed by atoms with Crippen LogP contribution in [0.4, 0.5) is 0 Å². The van der Waals surface area contributed by atoms with Crippen molar-refractivity contribution in [2.45, 2.75) is 0 Å². The Morgan fingerprint density at radius 1 is 0.288 bits per heavy atom. The fourth-order valence-electron chi connectivity index (χ4n) is 7.69. The summed E-state index contributed by atoms with van der Waals surface area (Å²) in [6.07, 6.45) is 0. The maximum absolute atomic E-state index is 9.24. The van der Waals surface area contributed by atoms with Crippen LogP contribution in [-0.2, 0) is 0 Å². The van der Waals surface area contributed by atoms with Gasteiger partial charge >= 0.3 is 0 Å². The van der Waals surface area contributed by atoms with Crippen LogP contribution in [0, 0.1) is 0 Å². The van der Waals surface area contributed by atoms with E-state index in [1.165, 1.54) is 0 Å². The van der Waals surface area contributed by atoms with Crippen LogP contribution in [0.3, 0.4) is 0 Å². The van der Waals surface area contributed by atoms with Crippen LogP contribution in [0.25, 0.3) is 110 Å². The number of hydrogen-bond donors (Lipinski definition) is 0. The monoisotopic (exact) mass is 672 g/mol. The summed E-state index contributed by atoms with van der Waals surface area (Å²) in [5, 5.41) is 5.53. The molecule has 0 aliphatic carbocycles. The van der Waals surface area contributed by atoms with Crippen LogP contribution in [0.15, 0.2) is 191 Å². The third kappa shape index (κ3) is 4.44. The van der Waals surface area contributed by atoms with Gasteiger partial charge in [0.1, 0.15) is 22.3 Å². The van der Waals surface area contributed by atoms with E-state index in [0.717, 1.165) is 55.0 Å². The summed E-state index contributed by atoms with van der Waals surface area (Å²) in [5.41, 5.74) is 6.68. The largest absolute Gasteiger partial charge is 0.456 e. The molecular weight excluding hydrogens is 633 g/mol. The fraction of sp³-hybridized carbons (Fsp3) is 0. The highest BCUT2D eigenvalue weighted by Crippen LogP contribution is 2.46. The molecule has 0 aliphatic rings. The summed E-state index contributed by atoms with van der Waals surface area (Å²) in [4.78, 5) is 0. The zero-order valence-corrected chi connectivity index (χ0v) is 27.4. The third-order valence-electron chi connectivity index (χ3n) is 10.0. The van der Waals surface area contributed by atoms with Crippen LogP contribution in [0.5, 0.6) is 0 Å². The topological polar surface area (TPSA) is 26.3 Å². The smallest absolute Gasteiger partial charge is 0.135 e. The van der Waals surface area contributed by atoms with Crippen LogP contribution < -0.4 is 0 Å². The first-order valence-corrected chi connectivity index (χ1v) is 16.9. The number of hydrogen-bond acceptors (Lipinski definition) is 2. The van der Waals surface area contributed by atoms with E-state index in [4.69, 9.17) is 17.1 Å². The Bertz CT molecular complexity index is 3470. The van der Waals surface area contributed by atoms with Gasteiger partial charge in [0.25, 0.3) is 0 Å². The zero-order valence-electron chi connectivity index (χ0n) is 37.4. The first-order valence-electron chi connectivity index (χ1n) is 21.9. The molecule has 11 aromatic rings. The second-order valence-electron chi connectivity index (χ2n) is 12.9. The molecule has 0 unspecified atom stereocenters. The molecule has 9 aromatic carbocycles. The Kier molecular flexibility index (Phi) is 4.50. The zero-order chi connectivity index (χ0) is 42.9. The molecule has 0 saturated carbocycles. The molecule has 2 aromatic heterocycles. The molecule has 52 heavy (non-hydrogen) atoms. The maximum atomic E-state index is 9.24. The number of furan rings is 2. The van der Waals surface area contributed by atoms with Crippen LogP contribution in [0.1, 0.15) is 13.7 Å². The normalized spacial score (nSPS) is 14.5. The summed E-state index contributed by atoms with van der Waals surface area (Å²) in [5.74, 6) is 0. The highest BCUT2D eigenvalue weighted by Gasteiger charge is 2.19. The SMILES string of the molecule is [2H]c1c([2H])c([2H])c(-c2c3ccc(-c4ccc5oc6ccccc6c5c4)cc3c(-c3c([2H])c([2H])c([2H])c([2H])c3[2H])c3ccc(-c4ccc5oc6ccccc6c5c4)cc23)c([2H])c1[2H]. The number of benzene rings is 9. The predicted octanol–water partition coefficient (Wildman–Crippen LogP) is 14.5. The standard InChI is InChI=1S/C50H30O2/c1-3-11-31(12-4-1)49-39-23-19-34(36-22-26-48-42(28-36)38-16-8-10-18-46(38)52-48)30-44(39)50(32-13-5-2-6-14-32)40-24-20-33(29-43(40)49)35-21-25-47-41(27-35)37-15-7-9-17-45(37)51-47/h1-30H/i1D,2D,3D,4D,5D,6D,11D,12D,13D,14D. The number of rotatable bonds is 4. The van der Waals surface area contributed by atoms with E-state index in [2.05, 4.69) is 0 Å². The van der Waals surface area contributed by atoms with Gasteiger partial charge in [-0.05, 0) is 115 Å². The third-order valence-corrected chi connectivity index (χ3v) is 10.0. The minimum Gasteiger partial charge on any atom is -0.456 e. The molecule has 0 aliphatic heterocycles. The first kappa shape index (κ1) is 20.7. The molecule has 2 heteroatoms. The van der Waals surface area contributed by atoms with Crippen molar-refractivity contribution < 1.29 is 22.5 Å². The van der Waals surface area contributed by atoms with Gasteiger partial charge in [0, 0.05) is 21.5 Å². The molecule has 0 amide bonds. The lowest BCUT2D eigenvalue weighted by Gasteiger charge is -2.19. The number of para-hydroxylation sites is 2. The van der Waals surface area contributed by atoms with Gasteiger partial charge < -0.3 is 8.83 Å². The highest BCUT2D eigenvalue weighted by atomic mass is 16.3. The van der Waals surface area contributed by atoms with Gasteiger partial charge in [-0.2, -0.15) is 0 Å². The van der Waals surface area contributed by atoms with Crippen molar-refractivity contribution in [1.82, 2.24) is 0 Å². The molecule has 11 rings (SSSR count). The molecule has 242 valence electrons. The molecule has 2 nitrogen and oxygen atoms in total. The summed E-state index contributed by atoms with van der Waals surface area (Å²) in [6.45, 7) is 0. The van der Waals surface area contributed by atoms with Gasteiger partial charge in [-0.15, -0.1) is 0 Å². The molecule has 0 radical (unpaired) electrons. The van der Waals surface area contributed by atoms with Crippen molar-refractivity contribution >= 4 is 65.4 Å². The Morgan fingerprint density at radius 3 is 1.10 bits per heavy atom. The Morgan fingerprint density at radius 2 is 0.654 bits per heavy atom. The summed E-state index contributed by atoms with van der Waals surface area (Å²) < 4.78 is 101. The molecule has 0 atom stereocenters. The van der Waals surface area contributed by atoms with Gasteiger partial charge in [0.2, 0.25) is 0 Å². The lowest BCUT2D eigenvalue weighted by atomic mass is 9.84. The fourth-order valence-corrected chi connectivity index (χ4v) is 7.69. The minimum absolute atomic E-state index is 0.0221. The van der Waals surface area contributed by atoms with E-state index >= 15 is 0 Å². The first-order chi connectivity index (χ1) is 29.9. The summed E-state index contributed by atoms with van der Waals surface area (Å²) >= 11 is 0. The maximum Gasteiger partial charge on any atom is 0.135 e. The molecule has 0 saturated heterocycles. The second kappa shape index (κ2) is 11.3. The molecule has 0 bridgehead atoms. The predicted molar refractivity (Wildman–Crippen MR) is 218 cm³/mol. The van der Waals surface area contributed by atoms with E-state index < -0.39 is 60.4 Å². The Hall–Kier alpha value is -6.90. The second-order valence-corrected chi connectivity index (χ2v) is 12.9. The van der Waals surface area contributed by atoms with E-state index in [1.54, 1.807) is 0 Å². The quantitative estimate of drug-likeness (QED) is 0.174. The van der Waals surface area contributed by atoms with E-state index in [9.17, 15) is 5.48 Å². The molecule has 0 N–H and O–H groups in total. The summed E-state index contributed by atoms with van der Waals surface area (Å²) in [6, 6.07) is 33.8. The van der Waals surface area contributed by atoms with Crippen molar-refractivity contribution in [2.24, 2.45) is 0 Å². The molecule has 0 fully saturated rings. The van der Waals surface area contributed by atoms with Crippen LogP contribution >= 0.6 is 0 Å². The van der Waals surface area contributed by atoms with Gasteiger partial charge in [0.05, 0.1) is 13.7 Å². The van der Waals surface area contributed by atoms with Crippen molar-refractivity contribution in [3.8, 4) is 44.5 Å². The van der Waals surface area contributed by atoms with E-state index in [0.29, 0.717) is 43.8 Å². The van der Waals surface area contributed by atoms with Crippen LogP contribution in [0.2, 0.25) is 0 Å². The van der Waals surface area contributed by atoms with Gasteiger partial charge in [0.15, 0.2) is 0 Å². The molecular formula is C50H30O2. The van der Waals surface area contributed by atoms with Gasteiger partial charge in [-0.25, -0.2) is 0 Å². The minimum atomic E-state index is -0.529. The van der Waals surface area contributed by atoms with Crippen molar-refractivity contribution in [2.75, 3.05) is 0 Å². The molecule has 0 spiro atoms. The lowest BCUT2D eigenvalue weighted by Crippen LogP contribution is -1.92. The van der Waals surface area contributed by atoms with Crippen LogP contribution in [-0.4, -0.2) is 0 Å². The molecule has 2 heterocycles. The van der Waals surface area contributed by atoms with Gasteiger partial charge in [-0.3, -0.25) is 0 Å². The van der Waals surface area contributed by atoms with Crippen molar-refractivity contribution in [3.05, 3.63) is 182 Å². The summed E-state index contributed by atoms with van der Waals surface area (Å²) in [7, 11) is 0. The van der Waals surface area contributed by atoms with Crippen molar-refractivity contribution in [1.29, 1.82) is 0 Å². The Balaban J connectivity index is 1.29. The van der Waals surface area contributed by atoms with Crippen molar-refractivity contribution in [3.63, 3.8) is 0 Å². The number of fused-ring (bicyclic) bond motifs is 8. The Labute approximate surface area is 313 Å². The van der Waals surface area contributed by atoms with Gasteiger partial charge in [-0.1, -0.05) is 133 Å². The van der Waals surface area contributed by atoms with E-state index in [1.807, 2.05) is 121 Å².